The molecule has 66 valence electrons. The standard InChI is InChI=1S/C8H12N2OS/c1-6(8-2-9-5-12-8)10-7-3-11-4-7/h2,5-7,10H,3-4H2,1H3. The van der Waals surface area contributed by atoms with Gasteiger partial charge in [-0.25, -0.2) is 0 Å². The molecule has 0 aliphatic carbocycles. The van der Waals surface area contributed by atoms with Crippen LogP contribution in [0.4, 0.5) is 0 Å². The Bertz CT molecular complexity index is 233. The zero-order valence-electron chi connectivity index (χ0n) is 6.99. The number of nitrogens with zero attached hydrogens (tertiary/aromatic N) is 1. The molecular formula is C8H12N2OS. The van der Waals surface area contributed by atoms with Gasteiger partial charge >= 0.3 is 0 Å². The van der Waals surface area contributed by atoms with Gasteiger partial charge < -0.3 is 10.1 Å². The third kappa shape index (κ3) is 1.65. The van der Waals surface area contributed by atoms with Crippen molar-refractivity contribution in [1.82, 2.24) is 10.3 Å². The molecule has 1 aromatic heterocycles. The van der Waals surface area contributed by atoms with Gasteiger partial charge in [0.15, 0.2) is 0 Å². The summed E-state index contributed by atoms with van der Waals surface area (Å²) >= 11 is 1.69. The van der Waals surface area contributed by atoms with Gasteiger partial charge in [0.25, 0.3) is 0 Å². The van der Waals surface area contributed by atoms with Crippen LogP contribution in [0, 0.1) is 0 Å². The lowest BCUT2D eigenvalue weighted by Gasteiger charge is -2.29. The summed E-state index contributed by atoms with van der Waals surface area (Å²) < 4.78 is 5.08. The van der Waals surface area contributed by atoms with E-state index >= 15 is 0 Å². The second kappa shape index (κ2) is 3.51. The van der Waals surface area contributed by atoms with Gasteiger partial charge in [0, 0.05) is 17.1 Å². The van der Waals surface area contributed by atoms with Gasteiger partial charge in [-0.05, 0) is 6.92 Å². The molecule has 0 aromatic carbocycles. The highest BCUT2D eigenvalue weighted by Gasteiger charge is 2.20. The van der Waals surface area contributed by atoms with Crippen LogP contribution in [-0.4, -0.2) is 24.2 Å². The van der Waals surface area contributed by atoms with E-state index in [0.29, 0.717) is 12.1 Å². The Morgan fingerprint density at radius 3 is 3.08 bits per heavy atom. The predicted octanol–water partition coefficient (Wildman–Crippen LogP) is 1.19. The van der Waals surface area contributed by atoms with Crippen LogP contribution < -0.4 is 5.32 Å². The predicted molar refractivity (Wildman–Crippen MR) is 48.3 cm³/mol. The van der Waals surface area contributed by atoms with Gasteiger partial charge in [-0.3, -0.25) is 4.98 Å². The second-order valence-corrected chi connectivity index (χ2v) is 3.94. The van der Waals surface area contributed by atoms with Crippen molar-refractivity contribution in [2.75, 3.05) is 13.2 Å². The van der Waals surface area contributed by atoms with Crippen LogP contribution in [0.3, 0.4) is 0 Å². The van der Waals surface area contributed by atoms with Gasteiger partial charge in [-0.1, -0.05) is 0 Å². The first kappa shape index (κ1) is 8.16. The molecule has 12 heavy (non-hydrogen) atoms. The zero-order chi connectivity index (χ0) is 8.39. The lowest BCUT2D eigenvalue weighted by molar-refractivity contribution is -0.00910. The number of hydrogen-bond acceptors (Lipinski definition) is 4. The molecule has 0 bridgehead atoms. The van der Waals surface area contributed by atoms with Crippen molar-refractivity contribution >= 4 is 11.3 Å². The van der Waals surface area contributed by atoms with Crippen molar-refractivity contribution in [3.05, 3.63) is 16.6 Å². The summed E-state index contributed by atoms with van der Waals surface area (Å²) in [5.74, 6) is 0. The molecule has 0 amide bonds. The molecule has 0 spiro atoms. The minimum Gasteiger partial charge on any atom is -0.378 e. The fraction of sp³-hybridized carbons (Fsp3) is 0.625. The van der Waals surface area contributed by atoms with Gasteiger partial charge in [-0.15, -0.1) is 11.3 Å². The van der Waals surface area contributed by atoms with Crippen molar-refractivity contribution < 1.29 is 4.74 Å². The van der Waals surface area contributed by atoms with Crippen LogP contribution >= 0.6 is 11.3 Å². The summed E-state index contributed by atoms with van der Waals surface area (Å²) in [5, 5.41) is 3.46. The van der Waals surface area contributed by atoms with Gasteiger partial charge in [0.1, 0.15) is 0 Å². The monoisotopic (exact) mass is 184 g/mol. The van der Waals surface area contributed by atoms with E-state index in [4.69, 9.17) is 4.74 Å². The van der Waals surface area contributed by atoms with Crippen LogP contribution in [0.25, 0.3) is 0 Å². The number of hydrogen-bond donors (Lipinski definition) is 1. The van der Waals surface area contributed by atoms with E-state index in [2.05, 4.69) is 17.2 Å². The highest BCUT2D eigenvalue weighted by atomic mass is 32.1. The normalized spacial score (nSPS) is 20.4. The Hall–Kier alpha value is -0.450. The molecule has 1 N–H and O–H groups in total. The third-order valence-electron chi connectivity index (χ3n) is 2.00. The van der Waals surface area contributed by atoms with E-state index in [1.54, 1.807) is 11.3 Å². The summed E-state index contributed by atoms with van der Waals surface area (Å²) in [6.07, 6.45) is 1.92. The molecule has 4 heteroatoms. The average molecular weight is 184 g/mol. The maximum Gasteiger partial charge on any atom is 0.0794 e. The molecule has 1 saturated heterocycles. The van der Waals surface area contributed by atoms with E-state index in [-0.39, 0.29) is 0 Å². The first-order chi connectivity index (χ1) is 5.86. The van der Waals surface area contributed by atoms with Crippen LogP contribution in [0.15, 0.2) is 11.7 Å². The van der Waals surface area contributed by atoms with E-state index in [0.717, 1.165) is 13.2 Å². The summed E-state index contributed by atoms with van der Waals surface area (Å²) in [4.78, 5) is 5.34. The number of ether oxygens (including phenoxy) is 1. The van der Waals surface area contributed by atoms with Gasteiger partial charge in [0.05, 0.1) is 24.8 Å². The maximum atomic E-state index is 5.08. The zero-order valence-corrected chi connectivity index (χ0v) is 7.80. The molecule has 2 rings (SSSR count). The molecule has 2 heterocycles. The van der Waals surface area contributed by atoms with E-state index in [1.807, 2.05) is 11.7 Å². The molecule has 0 saturated carbocycles. The Kier molecular flexibility index (Phi) is 2.39. The highest BCUT2D eigenvalue weighted by Crippen LogP contribution is 2.17. The first-order valence-corrected chi connectivity index (χ1v) is 4.96. The van der Waals surface area contributed by atoms with Gasteiger partial charge in [-0.2, -0.15) is 0 Å². The lowest BCUT2D eigenvalue weighted by atomic mass is 10.2. The lowest BCUT2D eigenvalue weighted by Crippen LogP contribution is -2.46. The molecule has 3 nitrogen and oxygen atoms in total. The van der Waals surface area contributed by atoms with Crippen LogP contribution in [0.1, 0.15) is 17.8 Å². The van der Waals surface area contributed by atoms with E-state index in [9.17, 15) is 0 Å². The summed E-state index contributed by atoms with van der Waals surface area (Å²) in [6, 6.07) is 0.952. The van der Waals surface area contributed by atoms with Gasteiger partial charge in [0.2, 0.25) is 0 Å². The quantitative estimate of drug-likeness (QED) is 0.766. The first-order valence-electron chi connectivity index (χ1n) is 4.08. The summed E-state index contributed by atoms with van der Waals surface area (Å²) in [6.45, 7) is 3.86. The molecule has 1 unspecified atom stereocenters. The number of thiazole rings is 1. The number of aromatic nitrogens is 1. The minimum absolute atomic E-state index is 0.409. The van der Waals surface area contributed by atoms with Crippen molar-refractivity contribution in [3.8, 4) is 0 Å². The topological polar surface area (TPSA) is 34.1 Å². The molecule has 1 aliphatic rings. The number of rotatable bonds is 3. The summed E-state index contributed by atoms with van der Waals surface area (Å²) in [5.41, 5.74) is 1.87. The van der Waals surface area contributed by atoms with Crippen molar-refractivity contribution in [2.24, 2.45) is 0 Å². The Labute approximate surface area is 75.8 Å². The molecule has 1 aromatic rings. The smallest absolute Gasteiger partial charge is 0.0794 e. The van der Waals surface area contributed by atoms with Crippen LogP contribution in [0.5, 0.6) is 0 Å². The highest BCUT2D eigenvalue weighted by molar-refractivity contribution is 7.09. The average Bonchev–Trinajstić information content (AvgIpc) is 2.47. The Morgan fingerprint density at radius 2 is 2.58 bits per heavy atom. The van der Waals surface area contributed by atoms with Crippen LogP contribution in [-0.2, 0) is 4.74 Å². The molecule has 1 aliphatic heterocycles. The molecule has 1 atom stereocenters. The number of nitrogens with one attached hydrogen (secondary N) is 1. The van der Waals surface area contributed by atoms with Crippen LogP contribution in [0.2, 0.25) is 0 Å². The Balaban J connectivity index is 1.87. The molecular weight excluding hydrogens is 172 g/mol. The Morgan fingerprint density at radius 1 is 1.75 bits per heavy atom. The van der Waals surface area contributed by atoms with Crippen molar-refractivity contribution in [1.29, 1.82) is 0 Å². The van der Waals surface area contributed by atoms with E-state index < -0.39 is 0 Å². The van der Waals surface area contributed by atoms with Crippen molar-refractivity contribution in [2.45, 2.75) is 19.0 Å². The second-order valence-electron chi connectivity index (χ2n) is 3.03. The van der Waals surface area contributed by atoms with Crippen molar-refractivity contribution in [3.63, 3.8) is 0 Å². The maximum absolute atomic E-state index is 5.08. The third-order valence-corrected chi connectivity index (χ3v) is 2.96. The molecule has 1 fully saturated rings. The SMILES string of the molecule is CC(NC1COC1)c1cncs1. The largest absolute Gasteiger partial charge is 0.378 e. The fourth-order valence-electron chi connectivity index (χ4n) is 1.21. The van der Waals surface area contributed by atoms with E-state index in [1.165, 1.54) is 4.88 Å². The fourth-order valence-corrected chi connectivity index (χ4v) is 1.84. The minimum atomic E-state index is 0.409. The molecule has 0 radical (unpaired) electrons. The summed E-state index contributed by atoms with van der Waals surface area (Å²) in [7, 11) is 0.